The van der Waals surface area contributed by atoms with Gasteiger partial charge in [0.15, 0.2) is 0 Å². The number of hydrogen-bond acceptors (Lipinski definition) is 2. The van der Waals surface area contributed by atoms with Crippen molar-refractivity contribution >= 4 is 5.97 Å². The Bertz CT molecular complexity index is 443. The topological polar surface area (TPSA) is 26.3 Å². The molecule has 2 heteroatoms. The highest BCUT2D eigenvalue weighted by molar-refractivity contribution is 5.80. The van der Waals surface area contributed by atoms with Gasteiger partial charge in [0, 0.05) is 6.42 Å². The Labute approximate surface area is 115 Å². The molecular formula is C17H22O2. The van der Waals surface area contributed by atoms with Crippen LogP contribution in [0.15, 0.2) is 24.3 Å². The van der Waals surface area contributed by atoms with Crippen LogP contribution in [0.4, 0.5) is 0 Å². The third kappa shape index (κ3) is 2.68. The number of hydrogen-bond donors (Lipinski definition) is 0. The average molecular weight is 258 g/mol. The van der Waals surface area contributed by atoms with Crippen molar-refractivity contribution in [1.82, 2.24) is 0 Å². The third-order valence-electron chi connectivity index (χ3n) is 4.58. The summed E-state index contributed by atoms with van der Waals surface area (Å²) >= 11 is 0. The van der Waals surface area contributed by atoms with E-state index >= 15 is 0 Å². The number of carbonyl (C=O) groups is 1. The molecule has 0 amide bonds. The summed E-state index contributed by atoms with van der Waals surface area (Å²) in [5.41, 5.74) is 2.57. The number of rotatable bonds is 2. The fourth-order valence-electron chi connectivity index (χ4n) is 3.47. The van der Waals surface area contributed by atoms with Gasteiger partial charge in [-0.05, 0) is 36.8 Å². The Morgan fingerprint density at radius 2 is 1.63 bits per heavy atom. The molecule has 0 aromatic heterocycles. The Morgan fingerprint density at radius 1 is 1.00 bits per heavy atom. The van der Waals surface area contributed by atoms with E-state index in [0.717, 1.165) is 17.9 Å². The minimum absolute atomic E-state index is 0.0459. The average Bonchev–Trinajstić information content (AvgIpc) is 2.79. The highest BCUT2D eigenvalue weighted by Crippen LogP contribution is 2.35. The van der Waals surface area contributed by atoms with Gasteiger partial charge in [0.1, 0.15) is 6.10 Å². The summed E-state index contributed by atoms with van der Waals surface area (Å²) in [6, 6.07) is 8.71. The first-order chi connectivity index (χ1) is 9.24. The van der Waals surface area contributed by atoms with Gasteiger partial charge in [0.05, 0.1) is 5.92 Å². The molecule has 0 spiro atoms. The molecule has 3 rings (SSSR count). The maximum Gasteiger partial charge on any atom is 0.313 e. The lowest BCUT2D eigenvalue weighted by Crippen LogP contribution is -2.07. The summed E-state index contributed by atoms with van der Waals surface area (Å²) in [4.78, 5) is 11.7. The molecule has 2 nitrogen and oxygen atoms in total. The van der Waals surface area contributed by atoms with Crippen molar-refractivity contribution < 1.29 is 9.53 Å². The zero-order valence-electron chi connectivity index (χ0n) is 11.6. The predicted molar refractivity (Wildman–Crippen MR) is 75.2 cm³/mol. The number of ether oxygens (including phenoxy) is 1. The van der Waals surface area contributed by atoms with Crippen LogP contribution in [0, 0.1) is 0 Å². The minimum atomic E-state index is -0.0575. The van der Waals surface area contributed by atoms with E-state index in [2.05, 4.69) is 24.3 Å². The van der Waals surface area contributed by atoms with Gasteiger partial charge in [-0.3, -0.25) is 4.79 Å². The van der Waals surface area contributed by atoms with E-state index in [1.165, 1.54) is 37.7 Å². The van der Waals surface area contributed by atoms with Gasteiger partial charge in [-0.2, -0.15) is 0 Å². The monoisotopic (exact) mass is 258 g/mol. The summed E-state index contributed by atoms with van der Waals surface area (Å²) in [5.74, 6) is 0.630. The van der Waals surface area contributed by atoms with E-state index < -0.39 is 0 Å². The Hall–Kier alpha value is -1.31. The van der Waals surface area contributed by atoms with Crippen LogP contribution in [0.1, 0.15) is 68.4 Å². The fraction of sp³-hybridized carbons (Fsp3) is 0.588. The Kier molecular flexibility index (Phi) is 3.58. The molecule has 2 unspecified atom stereocenters. The first-order valence-electron chi connectivity index (χ1n) is 7.54. The van der Waals surface area contributed by atoms with Crippen molar-refractivity contribution in [3.05, 3.63) is 35.4 Å². The van der Waals surface area contributed by atoms with Gasteiger partial charge in [-0.1, -0.05) is 43.5 Å². The molecule has 1 aliphatic heterocycles. The normalized spacial score (nSPS) is 28.4. The minimum Gasteiger partial charge on any atom is -0.462 e. The molecule has 0 radical (unpaired) electrons. The molecule has 102 valence electrons. The highest BCUT2D eigenvalue weighted by atomic mass is 16.5. The van der Waals surface area contributed by atoms with Gasteiger partial charge in [0.25, 0.3) is 0 Å². The summed E-state index contributed by atoms with van der Waals surface area (Å²) in [5, 5.41) is 0. The standard InChI is InChI=1S/C17H22O2/c1-12-11-16(17(18)19-12)15-9-7-14(8-10-15)13-5-3-2-4-6-13/h7-10,12-13,16H,2-6,11H2,1H3. The maximum atomic E-state index is 11.7. The van der Waals surface area contributed by atoms with Crippen LogP contribution >= 0.6 is 0 Å². The predicted octanol–water partition coefficient (Wildman–Crippen LogP) is 4.15. The van der Waals surface area contributed by atoms with E-state index in [1.807, 2.05) is 6.92 Å². The van der Waals surface area contributed by atoms with E-state index in [0.29, 0.717) is 0 Å². The number of benzene rings is 1. The van der Waals surface area contributed by atoms with Gasteiger partial charge in [-0.15, -0.1) is 0 Å². The zero-order chi connectivity index (χ0) is 13.2. The van der Waals surface area contributed by atoms with Gasteiger partial charge < -0.3 is 4.74 Å². The van der Waals surface area contributed by atoms with E-state index in [4.69, 9.17) is 4.74 Å². The molecule has 19 heavy (non-hydrogen) atoms. The summed E-state index contributed by atoms with van der Waals surface area (Å²) in [6.07, 6.45) is 7.64. The Balaban J connectivity index is 1.73. The van der Waals surface area contributed by atoms with Gasteiger partial charge in [-0.25, -0.2) is 0 Å². The lowest BCUT2D eigenvalue weighted by atomic mass is 9.83. The number of carbonyl (C=O) groups excluding carboxylic acids is 1. The van der Waals surface area contributed by atoms with Crippen molar-refractivity contribution in [1.29, 1.82) is 0 Å². The molecular weight excluding hydrogens is 236 g/mol. The molecule has 1 aromatic rings. The van der Waals surface area contributed by atoms with Crippen LogP contribution in [0.25, 0.3) is 0 Å². The molecule has 2 aliphatic rings. The second kappa shape index (κ2) is 5.36. The molecule has 0 bridgehead atoms. The van der Waals surface area contributed by atoms with Crippen molar-refractivity contribution in [2.75, 3.05) is 0 Å². The van der Waals surface area contributed by atoms with Crippen molar-refractivity contribution in [3.63, 3.8) is 0 Å². The fourth-order valence-corrected chi connectivity index (χ4v) is 3.47. The lowest BCUT2D eigenvalue weighted by molar-refractivity contribution is -0.141. The molecule has 0 N–H and O–H groups in total. The second-order valence-corrected chi connectivity index (χ2v) is 6.04. The SMILES string of the molecule is CC1CC(c2ccc(C3CCCCC3)cc2)C(=O)O1. The summed E-state index contributed by atoms with van der Waals surface area (Å²) < 4.78 is 5.24. The molecule has 1 saturated carbocycles. The van der Waals surface area contributed by atoms with Crippen LogP contribution in [0.3, 0.4) is 0 Å². The molecule has 1 saturated heterocycles. The van der Waals surface area contributed by atoms with Crippen molar-refractivity contribution in [2.24, 2.45) is 0 Å². The van der Waals surface area contributed by atoms with Gasteiger partial charge in [0.2, 0.25) is 0 Å². The number of cyclic esters (lactones) is 1. The van der Waals surface area contributed by atoms with E-state index in [-0.39, 0.29) is 18.0 Å². The van der Waals surface area contributed by atoms with Crippen LogP contribution in [-0.4, -0.2) is 12.1 Å². The third-order valence-corrected chi connectivity index (χ3v) is 4.58. The van der Waals surface area contributed by atoms with Crippen LogP contribution in [-0.2, 0) is 9.53 Å². The first kappa shape index (κ1) is 12.7. The van der Waals surface area contributed by atoms with Crippen LogP contribution in [0.2, 0.25) is 0 Å². The molecule has 2 atom stereocenters. The molecule has 1 aliphatic carbocycles. The molecule has 1 aromatic carbocycles. The molecule has 1 heterocycles. The highest BCUT2D eigenvalue weighted by Gasteiger charge is 2.33. The number of esters is 1. The van der Waals surface area contributed by atoms with Gasteiger partial charge >= 0.3 is 5.97 Å². The quantitative estimate of drug-likeness (QED) is 0.745. The second-order valence-electron chi connectivity index (χ2n) is 6.04. The maximum absolute atomic E-state index is 11.7. The van der Waals surface area contributed by atoms with E-state index in [9.17, 15) is 4.79 Å². The summed E-state index contributed by atoms with van der Waals surface area (Å²) in [6.45, 7) is 1.97. The van der Waals surface area contributed by atoms with E-state index in [1.54, 1.807) is 0 Å². The van der Waals surface area contributed by atoms with Crippen molar-refractivity contribution in [3.8, 4) is 0 Å². The zero-order valence-corrected chi connectivity index (χ0v) is 11.6. The molecule has 2 fully saturated rings. The Morgan fingerprint density at radius 3 is 2.21 bits per heavy atom. The van der Waals surface area contributed by atoms with Crippen LogP contribution in [0.5, 0.6) is 0 Å². The first-order valence-corrected chi connectivity index (χ1v) is 7.54. The smallest absolute Gasteiger partial charge is 0.313 e. The summed E-state index contributed by atoms with van der Waals surface area (Å²) in [7, 11) is 0. The lowest BCUT2D eigenvalue weighted by Gasteiger charge is -2.22. The largest absolute Gasteiger partial charge is 0.462 e. The van der Waals surface area contributed by atoms with Crippen LogP contribution < -0.4 is 0 Å². The van der Waals surface area contributed by atoms with Crippen molar-refractivity contribution in [2.45, 2.75) is 63.4 Å².